The molecule has 1 aromatic carbocycles. The minimum absolute atomic E-state index is 0.145. The first-order chi connectivity index (χ1) is 18.2. The van der Waals surface area contributed by atoms with Crippen LogP contribution in [-0.2, 0) is 32.0 Å². The summed E-state index contributed by atoms with van der Waals surface area (Å²) in [7, 11) is 4.83. The Bertz CT molecular complexity index is 1050. The third-order valence-corrected chi connectivity index (χ3v) is 6.93. The van der Waals surface area contributed by atoms with Crippen molar-refractivity contribution in [2.45, 2.75) is 52.6 Å². The van der Waals surface area contributed by atoms with Crippen LogP contribution in [0.2, 0.25) is 0 Å². The van der Waals surface area contributed by atoms with E-state index in [4.69, 9.17) is 18.9 Å². The van der Waals surface area contributed by atoms with Gasteiger partial charge in [0.2, 0.25) is 0 Å². The summed E-state index contributed by atoms with van der Waals surface area (Å²) in [4.78, 5) is 41.1. The Kier molecular flexibility index (Phi) is 11.0. The Morgan fingerprint density at radius 3 is 2.58 bits per heavy atom. The zero-order valence-corrected chi connectivity index (χ0v) is 23.3. The smallest absolute Gasteiger partial charge is 0.341 e. The molecule has 38 heavy (non-hydrogen) atoms. The molecule has 10 heteroatoms. The monoisotopic (exact) mass is 531 g/mol. The summed E-state index contributed by atoms with van der Waals surface area (Å²) < 4.78 is 21.8. The zero-order valence-electron chi connectivity index (χ0n) is 23.3. The molecule has 2 heterocycles. The van der Waals surface area contributed by atoms with Crippen LogP contribution in [0, 0.1) is 6.92 Å². The molecule has 0 radical (unpaired) electrons. The molecule has 0 unspecified atom stereocenters. The van der Waals surface area contributed by atoms with Gasteiger partial charge in [-0.1, -0.05) is 11.6 Å². The second-order valence-corrected chi connectivity index (χ2v) is 9.90. The minimum atomic E-state index is -0.463. The maximum Gasteiger partial charge on any atom is 0.341 e. The molecular formula is C28H41N3O7. The third kappa shape index (κ3) is 7.70. The summed E-state index contributed by atoms with van der Waals surface area (Å²) in [5, 5.41) is 2.86. The van der Waals surface area contributed by atoms with E-state index < -0.39 is 5.97 Å². The van der Waals surface area contributed by atoms with Crippen molar-refractivity contribution >= 4 is 23.7 Å². The molecular weight excluding hydrogens is 490 g/mol. The Morgan fingerprint density at radius 2 is 1.89 bits per heavy atom. The molecule has 210 valence electrons. The van der Waals surface area contributed by atoms with Crippen molar-refractivity contribution in [3.63, 3.8) is 0 Å². The van der Waals surface area contributed by atoms with Gasteiger partial charge in [-0.25, -0.2) is 9.59 Å². The van der Waals surface area contributed by atoms with Crippen LogP contribution in [0.3, 0.4) is 0 Å². The third-order valence-electron chi connectivity index (χ3n) is 6.93. The van der Waals surface area contributed by atoms with Crippen molar-refractivity contribution in [2.75, 3.05) is 66.0 Å². The summed E-state index contributed by atoms with van der Waals surface area (Å²) in [6, 6.07) is -0.354. The van der Waals surface area contributed by atoms with E-state index >= 15 is 0 Å². The zero-order chi connectivity index (χ0) is 27.7. The van der Waals surface area contributed by atoms with Crippen LogP contribution in [-0.4, -0.2) is 88.4 Å². The van der Waals surface area contributed by atoms with Crippen molar-refractivity contribution in [2.24, 2.45) is 0 Å². The fourth-order valence-electron chi connectivity index (χ4n) is 4.61. The highest BCUT2D eigenvalue weighted by Gasteiger charge is 2.32. The molecule has 1 N–H and O–H groups in total. The number of carbonyl (C=O) groups excluding carboxylic acids is 3. The Morgan fingerprint density at radius 1 is 1.16 bits per heavy atom. The Labute approximate surface area is 225 Å². The van der Waals surface area contributed by atoms with Crippen molar-refractivity contribution in [1.29, 1.82) is 0 Å². The molecule has 1 fully saturated rings. The molecule has 0 bridgehead atoms. The fraction of sp³-hybridized carbons (Fsp3) is 0.607. The average molecular weight is 532 g/mol. The number of hydrogen-bond acceptors (Lipinski definition) is 8. The van der Waals surface area contributed by atoms with Gasteiger partial charge in [-0.05, 0) is 51.6 Å². The number of cyclic esters (lactones) is 1. The molecule has 3 rings (SSSR count). The number of ether oxygens (including phenoxy) is 4. The van der Waals surface area contributed by atoms with Gasteiger partial charge in [-0.3, -0.25) is 9.69 Å². The fourth-order valence-corrected chi connectivity index (χ4v) is 4.61. The van der Waals surface area contributed by atoms with Crippen LogP contribution >= 0.6 is 0 Å². The van der Waals surface area contributed by atoms with Gasteiger partial charge in [0.05, 0.1) is 38.2 Å². The first-order valence-corrected chi connectivity index (χ1v) is 13.2. The predicted octanol–water partition coefficient (Wildman–Crippen LogP) is 3.69. The molecule has 0 aliphatic carbocycles. The molecule has 2 aliphatic heterocycles. The predicted molar refractivity (Wildman–Crippen MR) is 144 cm³/mol. The average Bonchev–Trinajstić information content (AvgIpc) is 3.29. The number of carbonyl (C=O) groups is 3. The summed E-state index contributed by atoms with van der Waals surface area (Å²) >= 11 is 0. The first-order valence-electron chi connectivity index (χ1n) is 13.2. The minimum Gasteiger partial charge on any atom is -0.496 e. The van der Waals surface area contributed by atoms with Gasteiger partial charge in [0.15, 0.2) is 0 Å². The lowest BCUT2D eigenvalue weighted by Crippen LogP contribution is -2.36. The van der Waals surface area contributed by atoms with E-state index in [0.29, 0.717) is 48.4 Å². The lowest BCUT2D eigenvalue weighted by molar-refractivity contribution is -0.143. The highest BCUT2D eigenvalue weighted by atomic mass is 16.5. The number of nitrogens with one attached hydrogen (secondary N) is 1. The van der Waals surface area contributed by atoms with E-state index in [0.717, 1.165) is 62.4 Å². The van der Waals surface area contributed by atoms with Crippen molar-refractivity contribution in [1.82, 2.24) is 9.80 Å². The van der Waals surface area contributed by atoms with Crippen LogP contribution in [0.25, 0.3) is 0 Å². The number of anilines is 1. The highest BCUT2D eigenvalue weighted by molar-refractivity contribution is 6.05. The summed E-state index contributed by atoms with van der Waals surface area (Å²) in [5.41, 5.74) is 4.01. The number of rotatable bonds is 12. The van der Waals surface area contributed by atoms with Gasteiger partial charge >= 0.3 is 18.0 Å². The topological polar surface area (TPSA) is 107 Å². The molecule has 2 amide bonds. The molecule has 2 aliphatic rings. The first kappa shape index (κ1) is 29.4. The second kappa shape index (κ2) is 14.2. The summed E-state index contributed by atoms with van der Waals surface area (Å²) in [6.07, 6.45) is 5.09. The number of hydrogen-bond donors (Lipinski definition) is 1. The van der Waals surface area contributed by atoms with Gasteiger partial charge in [0, 0.05) is 44.7 Å². The molecule has 0 spiro atoms. The number of nitrogens with zero attached hydrogens (tertiary/aromatic N) is 2. The van der Waals surface area contributed by atoms with Crippen LogP contribution in [0.4, 0.5) is 10.5 Å². The van der Waals surface area contributed by atoms with E-state index in [9.17, 15) is 14.4 Å². The highest BCUT2D eigenvalue weighted by Crippen LogP contribution is 2.41. The Balaban J connectivity index is 1.58. The van der Waals surface area contributed by atoms with E-state index in [2.05, 4.69) is 10.2 Å². The number of methoxy groups -OCH3 is 1. The maximum atomic E-state index is 12.6. The molecule has 10 nitrogen and oxygen atoms in total. The van der Waals surface area contributed by atoms with Gasteiger partial charge in [-0.2, -0.15) is 0 Å². The number of fused-ring (bicyclic) bond motifs is 1. The van der Waals surface area contributed by atoms with Gasteiger partial charge in [0.25, 0.3) is 0 Å². The number of urea groups is 1. The van der Waals surface area contributed by atoms with Crippen LogP contribution in [0.5, 0.6) is 5.75 Å². The van der Waals surface area contributed by atoms with Crippen LogP contribution < -0.4 is 10.1 Å². The normalized spacial score (nSPS) is 15.6. The molecule has 1 aromatic rings. The number of amides is 2. The standard InChI is InChI=1S/C28H41N3O7/c1-19(9-11-23(32)37-15-7-6-12-31-13-16-36-17-14-31)8-10-21-25(29-28(34)30(3)4)24-22(18-38-27(24)33)20(2)26(21)35-5/h8H,6-7,9-18H2,1-5H3,(H,29,34). The second-order valence-electron chi connectivity index (χ2n) is 9.90. The number of allylic oxidation sites excluding steroid dienone is 2. The lowest BCUT2D eigenvalue weighted by atomic mass is 9.93. The number of benzene rings is 1. The van der Waals surface area contributed by atoms with Gasteiger partial charge < -0.3 is 29.2 Å². The number of esters is 2. The van der Waals surface area contributed by atoms with Crippen molar-refractivity contribution < 1.29 is 33.3 Å². The molecule has 0 saturated carbocycles. The number of morpholine rings is 1. The Hall–Kier alpha value is -3.11. The van der Waals surface area contributed by atoms with Gasteiger partial charge in [0.1, 0.15) is 12.4 Å². The SMILES string of the molecule is COc1c(C)c2c(c(NC(=O)N(C)C)c1CC=C(C)CCC(=O)OCCCCN1CCOCC1)C(=O)OC2. The molecule has 1 saturated heterocycles. The van der Waals surface area contributed by atoms with E-state index in [1.165, 1.54) is 4.90 Å². The van der Waals surface area contributed by atoms with E-state index in [1.807, 2.05) is 19.9 Å². The van der Waals surface area contributed by atoms with E-state index in [1.54, 1.807) is 21.2 Å². The number of unbranched alkanes of at least 4 members (excludes halogenated alkanes) is 1. The van der Waals surface area contributed by atoms with Gasteiger partial charge in [-0.15, -0.1) is 0 Å². The molecule has 0 aromatic heterocycles. The summed E-state index contributed by atoms with van der Waals surface area (Å²) in [6.45, 7) is 8.94. The molecule has 0 atom stereocenters. The summed E-state index contributed by atoms with van der Waals surface area (Å²) in [5.74, 6) is -0.0668. The van der Waals surface area contributed by atoms with E-state index in [-0.39, 0.29) is 18.6 Å². The largest absolute Gasteiger partial charge is 0.496 e. The van der Waals surface area contributed by atoms with Crippen LogP contribution in [0.1, 0.15) is 59.7 Å². The van der Waals surface area contributed by atoms with Crippen LogP contribution in [0.15, 0.2) is 11.6 Å². The van der Waals surface area contributed by atoms with Crippen molar-refractivity contribution in [3.8, 4) is 5.75 Å². The lowest BCUT2D eigenvalue weighted by Gasteiger charge is -2.26. The van der Waals surface area contributed by atoms with Crippen molar-refractivity contribution in [3.05, 3.63) is 33.9 Å². The quantitative estimate of drug-likeness (QED) is 0.247. The maximum absolute atomic E-state index is 12.6.